The van der Waals surface area contributed by atoms with E-state index < -0.39 is 25.6 Å². The summed E-state index contributed by atoms with van der Waals surface area (Å²) in [5, 5.41) is 4.83. The number of nitrogens with one attached hydrogen (secondary N) is 1. The highest BCUT2D eigenvalue weighted by Gasteiger charge is 2.21. The van der Waals surface area contributed by atoms with Gasteiger partial charge < -0.3 is 0 Å². The van der Waals surface area contributed by atoms with E-state index in [1.165, 1.54) is 12.1 Å². The smallest absolute Gasteiger partial charge is 0.225 e. The zero-order chi connectivity index (χ0) is 22.4. The zero-order valence-corrected chi connectivity index (χ0v) is 19.4. The Morgan fingerprint density at radius 3 is 1.25 bits per heavy atom. The Morgan fingerprint density at radius 1 is 0.679 bits per heavy atom. The second-order valence-electron chi connectivity index (χ2n) is 6.03. The van der Waals surface area contributed by atoms with Crippen LogP contribution in [0.3, 0.4) is 0 Å². The van der Waals surface area contributed by atoms with Crippen molar-refractivity contribution in [3.05, 3.63) is 60.7 Å². The normalized spacial score (nSPS) is 10.9. The first-order valence-corrected chi connectivity index (χ1v) is 12.1. The summed E-state index contributed by atoms with van der Waals surface area (Å²) >= 11 is 0. The number of benzene rings is 2. The minimum Gasteiger partial charge on any atom is -0.225 e. The Hall–Kier alpha value is -1.74. The lowest BCUT2D eigenvalue weighted by Gasteiger charge is -2.20. The molecule has 0 aliphatic heterocycles. The first-order valence-electron chi connectivity index (χ1n) is 9.09. The average Bonchev–Trinajstić information content (AvgIpc) is 2.64. The van der Waals surface area contributed by atoms with Gasteiger partial charge in [-0.25, -0.2) is 26.7 Å². The summed E-state index contributed by atoms with van der Waals surface area (Å²) in [4.78, 5) is 0.449. The van der Waals surface area contributed by atoms with Gasteiger partial charge in [-0.3, -0.25) is 0 Å². The predicted molar refractivity (Wildman–Crippen MR) is 117 cm³/mol. The molecule has 0 radical (unpaired) electrons. The zero-order valence-electron chi connectivity index (χ0n) is 17.8. The van der Waals surface area contributed by atoms with Gasteiger partial charge >= 0.3 is 0 Å². The van der Waals surface area contributed by atoms with Gasteiger partial charge in [-0.15, -0.1) is 0 Å². The lowest BCUT2D eigenvalue weighted by molar-refractivity contribution is 0.491. The number of hydrogen-bond acceptors (Lipinski definition) is 4. The molecule has 0 saturated heterocycles. The summed E-state index contributed by atoms with van der Waals surface area (Å²) < 4.78 is 47.3. The standard InChI is InChI=1S/C10H15NO2S.C6H7NO2S.2C2H6/c1-10(2,3)11-14(12,13)9-7-5-4-6-8-9;7-10(8,9)6-4-2-1-3-5-6;2*1-2/h4-8,11H,1-3H3;1-5H,(H2,7,8,9);2*1-2H3. The van der Waals surface area contributed by atoms with E-state index in [9.17, 15) is 16.8 Å². The van der Waals surface area contributed by atoms with E-state index in [0.717, 1.165) is 0 Å². The van der Waals surface area contributed by atoms with Gasteiger partial charge in [-0.05, 0) is 45.0 Å². The third-order valence-electron chi connectivity index (χ3n) is 2.57. The summed E-state index contributed by atoms with van der Waals surface area (Å²) in [7, 11) is -6.87. The van der Waals surface area contributed by atoms with Crippen molar-refractivity contribution in [3.63, 3.8) is 0 Å². The molecule has 2 rings (SSSR count). The molecule has 0 fully saturated rings. The van der Waals surface area contributed by atoms with Crippen LogP contribution in [-0.4, -0.2) is 22.4 Å². The fourth-order valence-corrected chi connectivity index (χ4v) is 3.65. The molecule has 3 N–H and O–H groups in total. The Labute approximate surface area is 171 Å². The van der Waals surface area contributed by atoms with Crippen molar-refractivity contribution in [1.82, 2.24) is 4.72 Å². The van der Waals surface area contributed by atoms with Crippen molar-refractivity contribution >= 4 is 20.0 Å². The highest BCUT2D eigenvalue weighted by atomic mass is 32.2. The molecule has 0 saturated carbocycles. The van der Waals surface area contributed by atoms with E-state index in [1.54, 1.807) is 48.5 Å². The summed E-state index contributed by atoms with van der Waals surface area (Å²) in [6.07, 6.45) is 0. The molecule has 2 aromatic rings. The van der Waals surface area contributed by atoms with E-state index in [-0.39, 0.29) is 4.90 Å². The third kappa shape index (κ3) is 12.6. The van der Waals surface area contributed by atoms with E-state index >= 15 is 0 Å². The van der Waals surface area contributed by atoms with Gasteiger partial charge in [0.2, 0.25) is 20.0 Å². The second kappa shape index (κ2) is 13.4. The van der Waals surface area contributed by atoms with Crippen LogP contribution in [0.15, 0.2) is 70.5 Å². The summed E-state index contributed by atoms with van der Waals surface area (Å²) in [5.41, 5.74) is -0.450. The molecule has 0 spiro atoms. The van der Waals surface area contributed by atoms with Crippen LogP contribution in [0.5, 0.6) is 0 Å². The first-order chi connectivity index (χ1) is 12.9. The molecule has 0 aromatic heterocycles. The van der Waals surface area contributed by atoms with Crippen molar-refractivity contribution in [3.8, 4) is 0 Å². The number of primary sulfonamides is 1. The van der Waals surface area contributed by atoms with E-state index in [0.29, 0.717) is 4.90 Å². The lowest BCUT2D eigenvalue weighted by Crippen LogP contribution is -2.40. The van der Waals surface area contributed by atoms with Crippen molar-refractivity contribution in [1.29, 1.82) is 0 Å². The molecule has 8 heteroatoms. The maximum Gasteiger partial charge on any atom is 0.241 e. The molecule has 0 aliphatic carbocycles. The molecule has 28 heavy (non-hydrogen) atoms. The Balaban J connectivity index is 0. The molecule has 6 nitrogen and oxygen atoms in total. The Kier molecular flexibility index (Phi) is 13.7. The van der Waals surface area contributed by atoms with Crippen LogP contribution in [-0.2, 0) is 20.0 Å². The molecule has 0 heterocycles. The van der Waals surface area contributed by atoms with Gasteiger partial charge in [-0.2, -0.15) is 0 Å². The first kappa shape index (κ1) is 28.5. The van der Waals surface area contributed by atoms with Crippen LogP contribution in [0.2, 0.25) is 0 Å². The van der Waals surface area contributed by atoms with Crippen LogP contribution in [0.1, 0.15) is 48.5 Å². The van der Waals surface area contributed by atoms with Gasteiger partial charge in [0.1, 0.15) is 0 Å². The number of nitrogens with two attached hydrogens (primary N) is 1. The molecule has 2 aromatic carbocycles. The van der Waals surface area contributed by atoms with E-state index in [1.807, 2.05) is 48.5 Å². The number of hydrogen-bond donors (Lipinski definition) is 2. The van der Waals surface area contributed by atoms with Crippen molar-refractivity contribution < 1.29 is 16.8 Å². The fourth-order valence-electron chi connectivity index (χ4n) is 1.67. The molecule has 0 bridgehead atoms. The molecule has 0 unspecified atom stereocenters. The highest BCUT2D eigenvalue weighted by molar-refractivity contribution is 7.89. The van der Waals surface area contributed by atoms with Gasteiger partial charge in [0.25, 0.3) is 0 Å². The minimum atomic E-state index is -3.50. The molecule has 0 atom stereocenters. The van der Waals surface area contributed by atoms with Crippen LogP contribution >= 0.6 is 0 Å². The van der Waals surface area contributed by atoms with Crippen molar-refractivity contribution in [2.45, 2.75) is 63.8 Å². The summed E-state index contributed by atoms with van der Waals surface area (Å²) in [6, 6.07) is 16.2. The third-order valence-corrected chi connectivity index (χ3v) is 5.27. The molecular weight excluding hydrogens is 396 g/mol. The molecule has 160 valence electrons. The Morgan fingerprint density at radius 2 is 1.00 bits per heavy atom. The lowest BCUT2D eigenvalue weighted by atomic mass is 10.1. The van der Waals surface area contributed by atoms with Crippen LogP contribution < -0.4 is 9.86 Å². The maximum absolute atomic E-state index is 11.7. The largest absolute Gasteiger partial charge is 0.241 e. The van der Waals surface area contributed by atoms with Crippen LogP contribution in [0.4, 0.5) is 0 Å². The predicted octanol–water partition coefficient (Wildman–Crippen LogP) is 4.15. The molecular formula is C20H34N2O4S2. The van der Waals surface area contributed by atoms with Gasteiger partial charge in [-0.1, -0.05) is 64.1 Å². The average molecular weight is 431 g/mol. The van der Waals surface area contributed by atoms with Crippen molar-refractivity contribution in [2.24, 2.45) is 5.14 Å². The fraction of sp³-hybridized carbons (Fsp3) is 0.400. The monoisotopic (exact) mass is 430 g/mol. The summed E-state index contributed by atoms with van der Waals surface area (Å²) in [5.74, 6) is 0. The van der Waals surface area contributed by atoms with Crippen molar-refractivity contribution in [2.75, 3.05) is 0 Å². The summed E-state index contributed by atoms with van der Waals surface area (Å²) in [6.45, 7) is 13.4. The quantitative estimate of drug-likeness (QED) is 0.763. The van der Waals surface area contributed by atoms with Crippen LogP contribution in [0, 0.1) is 0 Å². The number of sulfonamides is 2. The van der Waals surface area contributed by atoms with Gasteiger partial charge in [0, 0.05) is 5.54 Å². The second-order valence-corrected chi connectivity index (χ2v) is 9.27. The molecule has 0 amide bonds. The molecule has 0 aliphatic rings. The maximum atomic E-state index is 11.7. The van der Waals surface area contributed by atoms with Gasteiger partial charge in [0.05, 0.1) is 9.79 Å². The van der Waals surface area contributed by atoms with Crippen LogP contribution in [0.25, 0.3) is 0 Å². The SMILES string of the molecule is CC.CC.CC(C)(C)NS(=O)(=O)c1ccccc1.NS(=O)(=O)c1ccccc1. The van der Waals surface area contributed by atoms with Gasteiger partial charge in [0.15, 0.2) is 0 Å². The topological polar surface area (TPSA) is 106 Å². The van der Waals surface area contributed by atoms with E-state index in [2.05, 4.69) is 4.72 Å². The highest BCUT2D eigenvalue weighted by Crippen LogP contribution is 2.11. The number of rotatable bonds is 3. The minimum absolute atomic E-state index is 0.148. The van der Waals surface area contributed by atoms with E-state index in [4.69, 9.17) is 5.14 Å². The Bertz CT molecular complexity index is 844.